The minimum Gasteiger partial charge on any atom is -0.466 e. The van der Waals surface area contributed by atoms with E-state index in [4.69, 9.17) is 4.42 Å². The van der Waals surface area contributed by atoms with E-state index < -0.39 is 0 Å². The summed E-state index contributed by atoms with van der Waals surface area (Å²) >= 11 is 5.55. The van der Waals surface area contributed by atoms with Gasteiger partial charge in [0.15, 0.2) is 5.78 Å². The standard InChI is InChI=1S/C13H10BrIO2/c1-7-5-10(8(2)17-7)13(16)11-6-9(14)3-4-12(11)15/h3-6H,1-2H3. The van der Waals surface area contributed by atoms with Crippen molar-refractivity contribution in [3.8, 4) is 0 Å². The van der Waals surface area contributed by atoms with E-state index in [1.165, 1.54) is 0 Å². The highest BCUT2D eigenvalue weighted by Gasteiger charge is 2.18. The lowest BCUT2D eigenvalue weighted by Crippen LogP contribution is -2.04. The zero-order valence-corrected chi connectivity index (χ0v) is 13.1. The summed E-state index contributed by atoms with van der Waals surface area (Å²) in [6, 6.07) is 7.46. The maximum absolute atomic E-state index is 12.4. The molecule has 0 spiro atoms. The summed E-state index contributed by atoms with van der Waals surface area (Å²) in [5, 5.41) is 0. The summed E-state index contributed by atoms with van der Waals surface area (Å²) in [5.41, 5.74) is 1.34. The number of aryl methyl sites for hydroxylation is 2. The third kappa shape index (κ3) is 2.63. The third-order valence-corrected chi connectivity index (χ3v) is 3.89. The SMILES string of the molecule is Cc1cc(C(=O)c2cc(Br)ccc2I)c(C)o1. The van der Waals surface area contributed by atoms with Gasteiger partial charge in [0, 0.05) is 13.6 Å². The van der Waals surface area contributed by atoms with Gasteiger partial charge in [-0.05, 0) is 60.7 Å². The molecule has 0 aliphatic rings. The molecule has 0 N–H and O–H groups in total. The van der Waals surface area contributed by atoms with Gasteiger partial charge in [0.05, 0.1) is 5.56 Å². The van der Waals surface area contributed by atoms with E-state index in [0.29, 0.717) is 16.9 Å². The largest absolute Gasteiger partial charge is 0.466 e. The zero-order valence-electron chi connectivity index (χ0n) is 9.38. The first-order valence-corrected chi connectivity index (χ1v) is 6.93. The highest BCUT2D eigenvalue weighted by Crippen LogP contribution is 2.24. The van der Waals surface area contributed by atoms with Gasteiger partial charge < -0.3 is 4.42 Å². The summed E-state index contributed by atoms with van der Waals surface area (Å²) in [5.74, 6) is 1.43. The zero-order chi connectivity index (χ0) is 12.6. The van der Waals surface area contributed by atoms with Crippen LogP contribution in [0.15, 0.2) is 33.2 Å². The van der Waals surface area contributed by atoms with Gasteiger partial charge in [-0.2, -0.15) is 0 Å². The van der Waals surface area contributed by atoms with Crippen molar-refractivity contribution in [1.29, 1.82) is 0 Å². The Morgan fingerprint density at radius 1 is 1.24 bits per heavy atom. The van der Waals surface area contributed by atoms with E-state index in [1.807, 2.05) is 32.0 Å². The Morgan fingerprint density at radius 3 is 2.53 bits per heavy atom. The Kier molecular flexibility index (Phi) is 3.73. The first-order chi connectivity index (χ1) is 7.99. The van der Waals surface area contributed by atoms with Crippen LogP contribution in [0.3, 0.4) is 0 Å². The predicted molar refractivity (Wildman–Crippen MR) is 78.5 cm³/mol. The molecule has 0 bridgehead atoms. The topological polar surface area (TPSA) is 30.2 Å². The minimum absolute atomic E-state index is 0.00468. The van der Waals surface area contributed by atoms with Gasteiger partial charge in [0.1, 0.15) is 11.5 Å². The number of rotatable bonds is 2. The molecule has 1 aromatic heterocycles. The average Bonchev–Trinajstić information content (AvgIpc) is 2.60. The molecule has 2 rings (SSSR count). The molecule has 0 amide bonds. The Labute approximate surface area is 122 Å². The molecule has 88 valence electrons. The fourth-order valence-electron chi connectivity index (χ4n) is 1.67. The summed E-state index contributed by atoms with van der Waals surface area (Å²) < 4.78 is 7.23. The van der Waals surface area contributed by atoms with Gasteiger partial charge in [-0.15, -0.1) is 0 Å². The first-order valence-electron chi connectivity index (χ1n) is 5.06. The van der Waals surface area contributed by atoms with Crippen molar-refractivity contribution < 1.29 is 9.21 Å². The van der Waals surface area contributed by atoms with Crippen LogP contribution in [-0.4, -0.2) is 5.78 Å². The number of ketones is 1. The molecule has 0 saturated heterocycles. The van der Waals surface area contributed by atoms with E-state index in [-0.39, 0.29) is 5.78 Å². The highest BCUT2D eigenvalue weighted by molar-refractivity contribution is 14.1. The van der Waals surface area contributed by atoms with Crippen molar-refractivity contribution in [2.45, 2.75) is 13.8 Å². The average molecular weight is 405 g/mol. The Morgan fingerprint density at radius 2 is 1.94 bits per heavy atom. The van der Waals surface area contributed by atoms with Crippen LogP contribution in [-0.2, 0) is 0 Å². The molecule has 4 heteroatoms. The quantitative estimate of drug-likeness (QED) is 0.545. The fraction of sp³-hybridized carbons (Fsp3) is 0.154. The van der Waals surface area contributed by atoms with Crippen molar-refractivity contribution in [3.63, 3.8) is 0 Å². The van der Waals surface area contributed by atoms with E-state index in [2.05, 4.69) is 38.5 Å². The summed E-state index contributed by atoms with van der Waals surface area (Å²) in [4.78, 5) is 12.4. The Balaban J connectivity index is 2.50. The van der Waals surface area contributed by atoms with Gasteiger partial charge in [0.2, 0.25) is 0 Å². The number of hydrogen-bond acceptors (Lipinski definition) is 2. The molecular weight excluding hydrogens is 395 g/mol. The minimum atomic E-state index is 0.00468. The number of benzene rings is 1. The van der Waals surface area contributed by atoms with Crippen molar-refractivity contribution in [3.05, 3.63) is 55.0 Å². The van der Waals surface area contributed by atoms with Crippen LogP contribution in [0.4, 0.5) is 0 Å². The fourth-order valence-corrected chi connectivity index (χ4v) is 2.61. The molecule has 1 aromatic carbocycles. The Hall–Kier alpha value is -0.620. The summed E-state index contributed by atoms with van der Waals surface area (Å²) in [7, 11) is 0. The van der Waals surface area contributed by atoms with Gasteiger partial charge >= 0.3 is 0 Å². The maximum Gasteiger partial charge on any atom is 0.197 e. The number of carbonyl (C=O) groups is 1. The van der Waals surface area contributed by atoms with Crippen LogP contribution in [0.2, 0.25) is 0 Å². The smallest absolute Gasteiger partial charge is 0.197 e. The number of halogens is 2. The van der Waals surface area contributed by atoms with Crippen LogP contribution in [0.1, 0.15) is 27.4 Å². The van der Waals surface area contributed by atoms with Gasteiger partial charge in [0.25, 0.3) is 0 Å². The second kappa shape index (κ2) is 4.94. The van der Waals surface area contributed by atoms with Crippen LogP contribution in [0, 0.1) is 17.4 Å². The first kappa shape index (κ1) is 12.8. The van der Waals surface area contributed by atoms with E-state index in [1.54, 1.807) is 6.07 Å². The maximum atomic E-state index is 12.4. The van der Waals surface area contributed by atoms with Crippen molar-refractivity contribution in [1.82, 2.24) is 0 Å². The second-order valence-corrected chi connectivity index (χ2v) is 5.86. The molecular formula is C13H10BrIO2. The third-order valence-electron chi connectivity index (χ3n) is 2.46. The lowest BCUT2D eigenvalue weighted by Gasteiger charge is -2.03. The normalized spacial score (nSPS) is 10.6. The predicted octanol–water partition coefficient (Wildman–Crippen LogP) is 4.49. The van der Waals surface area contributed by atoms with Crippen LogP contribution in [0.5, 0.6) is 0 Å². The van der Waals surface area contributed by atoms with Crippen LogP contribution >= 0.6 is 38.5 Å². The molecule has 0 fully saturated rings. The van der Waals surface area contributed by atoms with Crippen molar-refractivity contribution >= 4 is 44.3 Å². The molecule has 2 aromatic rings. The molecule has 0 aliphatic carbocycles. The van der Waals surface area contributed by atoms with Crippen LogP contribution < -0.4 is 0 Å². The monoisotopic (exact) mass is 404 g/mol. The molecule has 17 heavy (non-hydrogen) atoms. The van der Waals surface area contributed by atoms with Gasteiger partial charge in [-0.3, -0.25) is 4.79 Å². The number of carbonyl (C=O) groups excluding carboxylic acids is 1. The number of hydrogen-bond donors (Lipinski definition) is 0. The molecule has 0 aliphatic heterocycles. The van der Waals surface area contributed by atoms with E-state index in [0.717, 1.165) is 13.8 Å². The van der Waals surface area contributed by atoms with E-state index in [9.17, 15) is 4.79 Å². The second-order valence-electron chi connectivity index (χ2n) is 3.78. The van der Waals surface area contributed by atoms with Crippen LogP contribution in [0.25, 0.3) is 0 Å². The lowest BCUT2D eigenvalue weighted by atomic mass is 10.0. The molecule has 0 radical (unpaired) electrons. The molecule has 2 nitrogen and oxygen atoms in total. The van der Waals surface area contributed by atoms with Gasteiger partial charge in [-0.25, -0.2) is 0 Å². The molecule has 0 atom stereocenters. The number of furan rings is 1. The highest BCUT2D eigenvalue weighted by atomic mass is 127. The lowest BCUT2D eigenvalue weighted by molar-refractivity contribution is 0.103. The summed E-state index contributed by atoms with van der Waals surface area (Å²) in [6.45, 7) is 3.65. The Bertz CT molecular complexity index is 587. The van der Waals surface area contributed by atoms with Crippen molar-refractivity contribution in [2.24, 2.45) is 0 Å². The van der Waals surface area contributed by atoms with Crippen molar-refractivity contribution in [2.75, 3.05) is 0 Å². The molecule has 0 saturated carbocycles. The summed E-state index contributed by atoms with van der Waals surface area (Å²) in [6.07, 6.45) is 0. The van der Waals surface area contributed by atoms with Gasteiger partial charge in [-0.1, -0.05) is 15.9 Å². The molecule has 0 unspecified atom stereocenters. The molecule has 1 heterocycles. The van der Waals surface area contributed by atoms with E-state index >= 15 is 0 Å².